The van der Waals surface area contributed by atoms with Gasteiger partial charge in [-0.05, 0) is 81.3 Å². The van der Waals surface area contributed by atoms with Gasteiger partial charge >= 0.3 is 5.97 Å². The van der Waals surface area contributed by atoms with Crippen LogP contribution in [0.25, 0.3) is 11.1 Å². The highest BCUT2D eigenvalue weighted by Gasteiger charge is 2.26. The Morgan fingerprint density at radius 3 is 2.00 bits per heavy atom. The van der Waals surface area contributed by atoms with Crippen LogP contribution in [0.4, 0.5) is 0 Å². The Balaban J connectivity index is 1.61. The Hall–Kier alpha value is -2.80. The first-order valence-corrected chi connectivity index (χ1v) is 10.4. The van der Waals surface area contributed by atoms with Gasteiger partial charge in [-0.1, -0.05) is 31.2 Å². The number of esters is 1. The fourth-order valence-electron chi connectivity index (χ4n) is 2.73. The quantitative estimate of drug-likeness (QED) is 0.340. The molecule has 0 aromatic heterocycles. The van der Waals surface area contributed by atoms with Crippen LogP contribution in [0.3, 0.4) is 0 Å². The largest absolute Gasteiger partial charge is 0.494 e. The van der Waals surface area contributed by atoms with Gasteiger partial charge in [0.05, 0.1) is 30.3 Å². The molecule has 0 unspecified atom stereocenters. The highest BCUT2D eigenvalue weighted by Crippen LogP contribution is 2.23. The second kappa shape index (κ2) is 11.3. The molecular formula is C25H31NO3. The summed E-state index contributed by atoms with van der Waals surface area (Å²) >= 11 is 0. The van der Waals surface area contributed by atoms with Crippen molar-refractivity contribution in [2.75, 3.05) is 13.2 Å². The number of ether oxygens (including phenoxy) is 2. The summed E-state index contributed by atoms with van der Waals surface area (Å²) in [7, 11) is 0. The Bertz CT molecular complexity index is 801. The SMILES string of the molecule is CCC(C)(C)C(=O)OCCCCCCOc1ccc(-c2ccc(C#N)cc2)cc1. The van der Waals surface area contributed by atoms with Gasteiger partial charge in [-0.15, -0.1) is 0 Å². The van der Waals surface area contributed by atoms with E-state index in [0.29, 0.717) is 18.8 Å². The minimum atomic E-state index is -0.385. The maximum absolute atomic E-state index is 11.9. The molecule has 0 heterocycles. The van der Waals surface area contributed by atoms with Crippen molar-refractivity contribution in [1.82, 2.24) is 0 Å². The van der Waals surface area contributed by atoms with Crippen molar-refractivity contribution < 1.29 is 14.3 Å². The highest BCUT2D eigenvalue weighted by atomic mass is 16.5. The third kappa shape index (κ3) is 7.27. The van der Waals surface area contributed by atoms with Gasteiger partial charge in [0.1, 0.15) is 5.75 Å². The van der Waals surface area contributed by atoms with Gasteiger partial charge in [-0.25, -0.2) is 0 Å². The number of nitrogens with zero attached hydrogens (tertiary/aromatic N) is 1. The molecule has 0 aliphatic heterocycles. The van der Waals surface area contributed by atoms with Gasteiger partial charge in [0, 0.05) is 0 Å². The third-order valence-electron chi connectivity index (χ3n) is 5.18. The molecule has 0 saturated carbocycles. The molecule has 0 aliphatic carbocycles. The van der Waals surface area contributed by atoms with Crippen molar-refractivity contribution in [3.63, 3.8) is 0 Å². The van der Waals surface area contributed by atoms with Crippen molar-refractivity contribution in [2.24, 2.45) is 5.41 Å². The van der Waals surface area contributed by atoms with Crippen LogP contribution in [0, 0.1) is 16.7 Å². The van der Waals surface area contributed by atoms with Gasteiger partial charge in [0.15, 0.2) is 0 Å². The van der Waals surface area contributed by atoms with E-state index in [2.05, 4.69) is 6.07 Å². The van der Waals surface area contributed by atoms with Crippen molar-refractivity contribution in [3.05, 3.63) is 54.1 Å². The highest BCUT2D eigenvalue weighted by molar-refractivity contribution is 5.75. The molecule has 0 N–H and O–H groups in total. The number of carbonyl (C=O) groups excluding carboxylic acids is 1. The van der Waals surface area contributed by atoms with E-state index in [1.807, 2.05) is 69.3 Å². The molecule has 0 saturated heterocycles. The van der Waals surface area contributed by atoms with Crippen molar-refractivity contribution in [1.29, 1.82) is 5.26 Å². The lowest BCUT2D eigenvalue weighted by molar-refractivity contribution is -0.154. The Morgan fingerprint density at radius 1 is 0.897 bits per heavy atom. The summed E-state index contributed by atoms with van der Waals surface area (Å²) in [5.74, 6) is 0.755. The zero-order valence-electron chi connectivity index (χ0n) is 17.7. The van der Waals surface area contributed by atoms with E-state index in [-0.39, 0.29) is 11.4 Å². The van der Waals surface area contributed by atoms with Crippen LogP contribution in [0.15, 0.2) is 48.5 Å². The number of hydrogen-bond donors (Lipinski definition) is 0. The molecule has 0 amide bonds. The van der Waals surface area contributed by atoms with Crippen LogP contribution in [0.1, 0.15) is 58.4 Å². The number of rotatable bonds is 11. The summed E-state index contributed by atoms with van der Waals surface area (Å²) in [6.45, 7) is 7.02. The lowest BCUT2D eigenvalue weighted by Gasteiger charge is -2.20. The summed E-state index contributed by atoms with van der Waals surface area (Å²) in [4.78, 5) is 11.9. The third-order valence-corrected chi connectivity index (χ3v) is 5.18. The van der Waals surface area contributed by atoms with E-state index in [9.17, 15) is 4.79 Å². The fourth-order valence-corrected chi connectivity index (χ4v) is 2.73. The van der Waals surface area contributed by atoms with E-state index in [1.54, 1.807) is 0 Å². The molecule has 2 aromatic rings. The molecule has 0 atom stereocenters. The smallest absolute Gasteiger partial charge is 0.311 e. The van der Waals surface area contributed by atoms with E-state index >= 15 is 0 Å². The molecule has 0 spiro atoms. The van der Waals surface area contributed by atoms with Crippen molar-refractivity contribution in [3.8, 4) is 22.9 Å². The number of benzene rings is 2. The van der Waals surface area contributed by atoms with Gasteiger partial charge in [0.2, 0.25) is 0 Å². The molecule has 29 heavy (non-hydrogen) atoms. The zero-order chi connectivity index (χ0) is 21.1. The standard InChI is InChI=1S/C25H31NO3/c1-4-25(2,3)24(27)29-18-8-6-5-7-17-28-23-15-13-22(14-16-23)21-11-9-20(19-26)10-12-21/h9-16H,4-8,17-18H2,1-3H3. The molecule has 0 aliphatic rings. The summed E-state index contributed by atoms with van der Waals surface area (Å²) in [6.07, 6.45) is 4.74. The molecule has 2 rings (SSSR count). The second-order valence-electron chi connectivity index (χ2n) is 7.85. The first kappa shape index (κ1) is 22.5. The predicted octanol–water partition coefficient (Wildman–Crippen LogP) is 6.14. The Labute approximate surface area is 174 Å². The zero-order valence-corrected chi connectivity index (χ0v) is 17.7. The Kier molecular flexibility index (Phi) is 8.73. The normalized spacial score (nSPS) is 11.0. The van der Waals surface area contributed by atoms with Crippen LogP contribution in [0.2, 0.25) is 0 Å². The Morgan fingerprint density at radius 2 is 1.45 bits per heavy atom. The molecule has 0 radical (unpaired) electrons. The summed E-state index contributed by atoms with van der Waals surface area (Å²) < 4.78 is 11.2. The monoisotopic (exact) mass is 393 g/mol. The minimum absolute atomic E-state index is 0.104. The van der Waals surface area contributed by atoms with Crippen LogP contribution >= 0.6 is 0 Å². The molecule has 0 fully saturated rings. The maximum Gasteiger partial charge on any atom is 0.311 e. The lowest BCUT2D eigenvalue weighted by Crippen LogP contribution is -2.26. The van der Waals surface area contributed by atoms with E-state index in [0.717, 1.165) is 49.0 Å². The summed E-state index contributed by atoms with van der Waals surface area (Å²) in [5, 5.41) is 8.87. The van der Waals surface area contributed by atoms with E-state index in [1.165, 1.54) is 0 Å². The summed E-state index contributed by atoms with van der Waals surface area (Å²) in [5.41, 5.74) is 2.46. The second-order valence-corrected chi connectivity index (χ2v) is 7.85. The van der Waals surface area contributed by atoms with Gasteiger partial charge in [-0.3, -0.25) is 4.79 Å². The number of nitriles is 1. The number of unbranched alkanes of at least 4 members (excludes halogenated alkanes) is 3. The van der Waals surface area contributed by atoms with E-state index in [4.69, 9.17) is 14.7 Å². The van der Waals surface area contributed by atoms with Gasteiger partial charge in [-0.2, -0.15) is 5.26 Å². The first-order valence-electron chi connectivity index (χ1n) is 10.4. The average Bonchev–Trinajstić information content (AvgIpc) is 2.75. The molecule has 4 heteroatoms. The van der Waals surface area contributed by atoms with Gasteiger partial charge in [0.25, 0.3) is 0 Å². The van der Waals surface area contributed by atoms with Crippen LogP contribution in [-0.2, 0) is 9.53 Å². The van der Waals surface area contributed by atoms with Crippen LogP contribution < -0.4 is 4.74 Å². The van der Waals surface area contributed by atoms with Gasteiger partial charge < -0.3 is 9.47 Å². The predicted molar refractivity (Wildman–Crippen MR) is 116 cm³/mol. The topological polar surface area (TPSA) is 59.3 Å². The lowest BCUT2D eigenvalue weighted by atomic mass is 9.91. The van der Waals surface area contributed by atoms with E-state index < -0.39 is 0 Å². The average molecular weight is 394 g/mol. The molecular weight excluding hydrogens is 362 g/mol. The molecule has 154 valence electrons. The number of carbonyl (C=O) groups is 1. The summed E-state index contributed by atoms with van der Waals surface area (Å²) in [6, 6.07) is 17.7. The van der Waals surface area contributed by atoms with Crippen LogP contribution in [0.5, 0.6) is 5.75 Å². The molecule has 4 nitrogen and oxygen atoms in total. The first-order chi connectivity index (χ1) is 14.0. The van der Waals surface area contributed by atoms with Crippen LogP contribution in [-0.4, -0.2) is 19.2 Å². The van der Waals surface area contributed by atoms with Crippen molar-refractivity contribution in [2.45, 2.75) is 52.9 Å². The molecule has 0 bridgehead atoms. The maximum atomic E-state index is 11.9. The minimum Gasteiger partial charge on any atom is -0.494 e. The number of hydrogen-bond acceptors (Lipinski definition) is 4. The fraction of sp³-hybridized carbons (Fsp3) is 0.440. The van der Waals surface area contributed by atoms with Crippen molar-refractivity contribution >= 4 is 5.97 Å². The molecule has 2 aromatic carbocycles.